The molecule has 0 aliphatic carbocycles. The predicted molar refractivity (Wildman–Crippen MR) is 56.6 cm³/mol. The SMILES string of the molecule is NCCC(F)c1ccc(Br)c(Cl)c1F. The standard InChI is InChI=1S/C9H9BrClF2N/c10-6-2-1-5(7(12)3-4-14)9(13)8(6)11/h1-2,7H,3-4,14H2. The van der Waals surface area contributed by atoms with Gasteiger partial charge in [-0.2, -0.15) is 0 Å². The fourth-order valence-electron chi connectivity index (χ4n) is 1.08. The van der Waals surface area contributed by atoms with Crippen molar-refractivity contribution in [2.45, 2.75) is 12.6 Å². The minimum absolute atomic E-state index is 0.0383. The Balaban J connectivity index is 3.04. The van der Waals surface area contributed by atoms with Crippen molar-refractivity contribution >= 4 is 27.5 Å². The molecule has 1 nitrogen and oxygen atoms in total. The van der Waals surface area contributed by atoms with Gasteiger partial charge in [0.25, 0.3) is 0 Å². The summed E-state index contributed by atoms with van der Waals surface area (Å²) in [4.78, 5) is 0. The molecule has 5 heteroatoms. The van der Waals surface area contributed by atoms with E-state index in [0.717, 1.165) is 0 Å². The van der Waals surface area contributed by atoms with Crippen LogP contribution < -0.4 is 5.73 Å². The van der Waals surface area contributed by atoms with Gasteiger partial charge in [0.05, 0.1) is 5.02 Å². The molecule has 0 radical (unpaired) electrons. The van der Waals surface area contributed by atoms with Gasteiger partial charge in [0.2, 0.25) is 0 Å². The first-order valence-corrected chi connectivity index (χ1v) is 5.22. The van der Waals surface area contributed by atoms with Crippen LogP contribution in [0.1, 0.15) is 18.2 Å². The Morgan fingerprint density at radius 3 is 2.71 bits per heavy atom. The quantitative estimate of drug-likeness (QED) is 0.843. The minimum Gasteiger partial charge on any atom is -0.330 e. The van der Waals surface area contributed by atoms with Crippen molar-refractivity contribution in [3.05, 3.63) is 33.0 Å². The van der Waals surface area contributed by atoms with E-state index in [9.17, 15) is 8.78 Å². The van der Waals surface area contributed by atoms with Gasteiger partial charge in [-0.3, -0.25) is 0 Å². The molecule has 1 aromatic carbocycles. The normalized spacial score (nSPS) is 12.9. The first kappa shape index (κ1) is 11.9. The molecule has 1 aromatic rings. The minimum atomic E-state index is -1.40. The summed E-state index contributed by atoms with van der Waals surface area (Å²) >= 11 is 8.66. The second-order valence-corrected chi connectivity index (χ2v) is 4.04. The van der Waals surface area contributed by atoms with E-state index in [1.165, 1.54) is 12.1 Å². The summed E-state index contributed by atoms with van der Waals surface area (Å²) in [6.45, 7) is 0.175. The summed E-state index contributed by atoms with van der Waals surface area (Å²) in [5.74, 6) is -0.720. The number of nitrogens with two attached hydrogens (primary N) is 1. The summed E-state index contributed by atoms with van der Waals surface area (Å²) in [7, 11) is 0. The highest BCUT2D eigenvalue weighted by Crippen LogP contribution is 2.32. The monoisotopic (exact) mass is 283 g/mol. The average molecular weight is 285 g/mol. The Labute approximate surface area is 94.4 Å². The van der Waals surface area contributed by atoms with E-state index in [1.807, 2.05) is 0 Å². The first-order valence-electron chi connectivity index (χ1n) is 4.05. The Morgan fingerprint density at radius 1 is 1.50 bits per heavy atom. The van der Waals surface area contributed by atoms with Crippen LogP contribution in [0.4, 0.5) is 8.78 Å². The molecule has 78 valence electrons. The van der Waals surface area contributed by atoms with Gasteiger partial charge in [0.1, 0.15) is 12.0 Å². The molecule has 0 spiro atoms. The van der Waals surface area contributed by atoms with Crippen molar-refractivity contribution in [3.63, 3.8) is 0 Å². The lowest BCUT2D eigenvalue weighted by Crippen LogP contribution is -2.05. The molecule has 0 aromatic heterocycles. The van der Waals surface area contributed by atoms with Crippen molar-refractivity contribution in [1.82, 2.24) is 0 Å². The number of hydrogen-bond donors (Lipinski definition) is 1. The molecule has 1 atom stereocenters. The second-order valence-electron chi connectivity index (χ2n) is 2.81. The number of halogens is 4. The van der Waals surface area contributed by atoms with Crippen LogP contribution >= 0.6 is 27.5 Å². The number of alkyl halides is 1. The maximum absolute atomic E-state index is 13.4. The third-order valence-corrected chi connectivity index (χ3v) is 3.08. The lowest BCUT2D eigenvalue weighted by molar-refractivity contribution is 0.317. The summed E-state index contributed by atoms with van der Waals surface area (Å²) in [5, 5.41) is -0.0952. The molecule has 2 N–H and O–H groups in total. The van der Waals surface area contributed by atoms with Crippen LogP contribution in [0.3, 0.4) is 0 Å². The van der Waals surface area contributed by atoms with Crippen molar-refractivity contribution in [2.75, 3.05) is 6.54 Å². The number of rotatable bonds is 3. The number of benzene rings is 1. The van der Waals surface area contributed by atoms with Gasteiger partial charge in [-0.15, -0.1) is 0 Å². The summed E-state index contributed by atoms with van der Waals surface area (Å²) in [6.07, 6.45) is -1.31. The fraction of sp³-hybridized carbons (Fsp3) is 0.333. The zero-order valence-electron chi connectivity index (χ0n) is 7.24. The Morgan fingerprint density at radius 2 is 2.14 bits per heavy atom. The molecule has 1 rings (SSSR count). The summed E-state index contributed by atoms with van der Waals surface area (Å²) in [5.41, 5.74) is 5.14. The molecule has 14 heavy (non-hydrogen) atoms. The summed E-state index contributed by atoms with van der Waals surface area (Å²) in [6, 6.07) is 2.88. The highest BCUT2D eigenvalue weighted by Gasteiger charge is 2.17. The molecule has 0 saturated heterocycles. The van der Waals surface area contributed by atoms with Gasteiger partial charge in [0, 0.05) is 10.0 Å². The van der Waals surface area contributed by atoms with E-state index in [4.69, 9.17) is 17.3 Å². The van der Waals surface area contributed by atoms with Crippen LogP contribution in [0.15, 0.2) is 16.6 Å². The lowest BCUT2D eigenvalue weighted by Gasteiger charge is -2.09. The third kappa shape index (κ3) is 2.43. The van der Waals surface area contributed by atoms with Crippen LogP contribution in [0.5, 0.6) is 0 Å². The topological polar surface area (TPSA) is 26.0 Å². The van der Waals surface area contributed by atoms with Crippen LogP contribution in [-0.2, 0) is 0 Å². The van der Waals surface area contributed by atoms with Gasteiger partial charge in [0.15, 0.2) is 0 Å². The molecule has 0 saturated carbocycles. The molecule has 0 bridgehead atoms. The van der Waals surface area contributed by atoms with E-state index in [1.54, 1.807) is 0 Å². The fourth-order valence-corrected chi connectivity index (χ4v) is 1.56. The van der Waals surface area contributed by atoms with Crippen LogP contribution in [0.2, 0.25) is 5.02 Å². The molecule has 0 fully saturated rings. The van der Waals surface area contributed by atoms with Gasteiger partial charge < -0.3 is 5.73 Å². The van der Waals surface area contributed by atoms with E-state index < -0.39 is 12.0 Å². The van der Waals surface area contributed by atoms with Gasteiger partial charge in [-0.1, -0.05) is 17.7 Å². The second kappa shape index (κ2) is 5.05. The van der Waals surface area contributed by atoms with Crippen molar-refractivity contribution in [2.24, 2.45) is 5.73 Å². The number of hydrogen-bond acceptors (Lipinski definition) is 1. The molecule has 0 amide bonds. The van der Waals surface area contributed by atoms with E-state index in [-0.39, 0.29) is 23.6 Å². The smallest absolute Gasteiger partial charge is 0.149 e. The molecule has 0 heterocycles. The maximum atomic E-state index is 13.4. The molecular weight excluding hydrogens is 275 g/mol. The molecule has 0 aliphatic heterocycles. The van der Waals surface area contributed by atoms with Crippen LogP contribution in [-0.4, -0.2) is 6.54 Å². The van der Waals surface area contributed by atoms with E-state index >= 15 is 0 Å². The Hall–Kier alpha value is -0.190. The zero-order chi connectivity index (χ0) is 10.7. The van der Waals surface area contributed by atoms with Crippen molar-refractivity contribution < 1.29 is 8.78 Å². The van der Waals surface area contributed by atoms with Gasteiger partial charge in [-0.05, 0) is 35.0 Å². The van der Waals surface area contributed by atoms with Gasteiger partial charge in [-0.25, -0.2) is 8.78 Å². The highest BCUT2D eigenvalue weighted by molar-refractivity contribution is 9.10. The van der Waals surface area contributed by atoms with Crippen molar-refractivity contribution in [1.29, 1.82) is 0 Å². The maximum Gasteiger partial charge on any atom is 0.149 e. The first-order chi connectivity index (χ1) is 6.57. The van der Waals surface area contributed by atoms with E-state index in [0.29, 0.717) is 4.47 Å². The molecular formula is C9H9BrClF2N. The van der Waals surface area contributed by atoms with E-state index in [2.05, 4.69) is 15.9 Å². The highest BCUT2D eigenvalue weighted by atomic mass is 79.9. The van der Waals surface area contributed by atoms with Crippen LogP contribution in [0.25, 0.3) is 0 Å². The largest absolute Gasteiger partial charge is 0.330 e. The van der Waals surface area contributed by atoms with Crippen molar-refractivity contribution in [3.8, 4) is 0 Å². The van der Waals surface area contributed by atoms with Gasteiger partial charge >= 0.3 is 0 Å². The Kier molecular flexibility index (Phi) is 4.29. The lowest BCUT2D eigenvalue weighted by atomic mass is 10.1. The molecule has 1 unspecified atom stereocenters. The predicted octanol–water partition coefficient (Wildman–Crippen LogP) is 3.60. The van der Waals surface area contributed by atoms with Crippen LogP contribution in [0, 0.1) is 5.82 Å². The summed E-state index contributed by atoms with van der Waals surface area (Å²) < 4.78 is 27.1. The third-order valence-electron chi connectivity index (χ3n) is 1.82. The molecule has 0 aliphatic rings. The average Bonchev–Trinajstić information content (AvgIpc) is 2.15. The zero-order valence-corrected chi connectivity index (χ0v) is 9.58. The Bertz CT molecular complexity index is 333.